The molecule has 0 bridgehead atoms. The van der Waals surface area contributed by atoms with E-state index >= 15 is 0 Å². The third-order valence-electron chi connectivity index (χ3n) is 5.90. The van der Waals surface area contributed by atoms with Crippen LogP contribution in [0.2, 0.25) is 0 Å². The molecule has 0 amide bonds. The molecular weight excluding hydrogens is 326 g/mol. The van der Waals surface area contributed by atoms with Gasteiger partial charge in [-0.3, -0.25) is 0 Å². The molecule has 0 spiro atoms. The molecular formula is C22H29NO3. The Morgan fingerprint density at radius 1 is 1.12 bits per heavy atom. The molecule has 2 aromatic rings. The molecule has 1 fully saturated rings. The zero-order valence-electron chi connectivity index (χ0n) is 15.7. The fourth-order valence-corrected chi connectivity index (χ4v) is 4.53. The van der Waals surface area contributed by atoms with Crippen LogP contribution in [0, 0.1) is 0 Å². The van der Waals surface area contributed by atoms with Crippen LogP contribution in [0.3, 0.4) is 0 Å². The topological polar surface area (TPSA) is 61.7 Å². The van der Waals surface area contributed by atoms with Gasteiger partial charge in [0.1, 0.15) is 11.5 Å². The molecule has 0 saturated heterocycles. The van der Waals surface area contributed by atoms with E-state index in [1.165, 1.54) is 18.4 Å². The van der Waals surface area contributed by atoms with Crippen molar-refractivity contribution in [3.05, 3.63) is 48.0 Å². The molecule has 0 aromatic heterocycles. The molecule has 2 aromatic carbocycles. The minimum Gasteiger partial charge on any atom is -0.507 e. The van der Waals surface area contributed by atoms with Crippen LogP contribution in [0.4, 0.5) is 0 Å². The number of likely N-dealkylation sites (N-methyl/N-ethyl adjacent to an activating group) is 1. The summed E-state index contributed by atoms with van der Waals surface area (Å²) in [4.78, 5) is 0. The number of phenols is 1. The highest BCUT2D eigenvalue weighted by Crippen LogP contribution is 2.45. The Morgan fingerprint density at radius 2 is 1.81 bits per heavy atom. The lowest BCUT2D eigenvalue weighted by atomic mass is 9.71. The molecule has 0 radical (unpaired) electrons. The fraction of sp³-hybridized carbons (Fsp3) is 0.455. The van der Waals surface area contributed by atoms with Crippen molar-refractivity contribution >= 4 is 0 Å². The zero-order valence-corrected chi connectivity index (χ0v) is 15.7. The molecule has 1 atom stereocenters. The van der Waals surface area contributed by atoms with E-state index in [1.807, 2.05) is 13.1 Å². The van der Waals surface area contributed by atoms with Crippen LogP contribution in [-0.2, 0) is 5.41 Å². The zero-order chi connectivity index (χ0) is 18.6. The van der Waals surface area contributed by atoms with Crippen molar-refractivity contribution in [1.29, 1.82) is 0 Å². The smallest absolute Gasteiger partial charge is 0.123 e. The van der Waals surface area contributed by atoms with Gasteiger partial charge in [0.2, 0.25) is 0 Å². The summed E-state index contributed by atoms with van der Waals surface area (Å²) in [5.74, 6) is 0.981. The van der Waals surface area contributed by atoms with E-state index in [4.69, 9.17) is 4.74 Å². The minimum absolute atomic E-state index is 0.0758. The lowest BCUT2D eigenvalue weighted by molar-refractivity contribution is 0.219. The first kappa shape index (κ1) is 18.7. The summed E-state index contributed by atoms with van der Waals surface area (Å²) in [5, 5.41) is 23.1. The predicted molar refractivity (Wildman–Crippen MR) is 105 cm³/mol. The van der Waals surface area contributed by atoms with Gasteiger partial charge in [-0.1, -0.05) is 37.1 Å². The molecule has 0 heterocycles. The number of ether oxygens (including phenoxy) is 1. The van der Waals surface area contributed by atoms with E-state index in [0.717, 1.165) is 36.1 Å². The highest BCUT2D eigenvalue weighted by atomic mass is 16.5. The number of rotatable bonds is 7. The third-order valence-corrected chi connectivity index (χ3v) is 5.90. The van der Waals surface area contributed by atoms with Gasteiger partial charge in [-0.15, -0.1) is 0 Å². The summed E-state index contributed by atoms with van der Waals surface area (Å²) in [6.45, 7) is 0.197. The van der Waals surface area contributed by atoms with Gasteiger partial charge in [0.15, 0.2) is 0 Å². The molecule has 1 aliphatic rings. The SMILES string of the molecule is CNC(CCO)C1(c2ccc(-c3cc(OC)ccc3O)cc2)CCCC1. The molecule has 1 saturated carbocycles. The van der Waals surface area contributed by atoms with E-state index in [9.17, 15) is 10.2 Å². The summed E-state index contributed by atoms with van der Waals surface area (Å²) >= 11 is 0. The van der Waals surface area contributed by atoms with Crippen molar-refractivity contribution < 1.29 is 14.9 Å². The van der Waals surface area contributed by atoms with Crippen molar-refractivity contribution in [2.24, 2.45) is 0 Å². The Balaban J connectivity index is 1.95. The van der Waals surface area contributed by atoms with Crippen molar-refractivity contribution in [2.45, 2.75) is 43.6 Å². The van der Waals surface area contributed by atoms with E-state index in [-0.39, 0.29) is 23.8 Å². The van der Waals surface area contributed by atoms with Crippen LogP contribution in [0.5, 0.6) is 11.5 Å². The van der Waals surface area contributed by atoms with Crippen LogP contribution in [0.15, 0.2) is 42.5 Å². The molecule has 1 unspecified atom stereocenters. The first-order chi connectivity index (χ1) is 12.6. The van der Waals surface area contributed by atoms with Gasteiger partial charge in [-0.25, -0.2) is 0 Å². The molecule has 4 heteroatoms. The van der Waals surface area contributed by atoms with Crippen LogP contribution in [0.25, 0.3) is 11.1 Å². The number of aliphatic hydroxyl groups is 1. The summed E-state index contributed by atoms with van der Waals surface area (Å²) in [5.41, 5.74) is 3.14. The van der Waals surface area contributed by atoms with Gasteiger partial charge in [0.25, 0.3) is 0 Å². The largest absolute Gasteiger partial charge is 0.507 e. The maximum atomic E-state index is 10.2. The number of phenolic OH excluding ortho intramolecular Hbond substituents is 1. The van der Waals surface area contributed by atoms with Gasteiger partial charge >= 0.3 is 0 Å². The normalized spacial score (nSPS) is 17.2. The lowest BCUT2D eigenvalue weighted by Crippen LogP contribution is -2.46. The van der Waals surface area contributed by atoms with Gasteiger partial charge in [-0.2, -0.15) is 0 Å². The fourth-order valence-electron chi connectivity index (χ4n) is 4.53. The first-order valence-corrected chi connectivity index (χ1v) is 9.40. The summed E-state index contributed by atoms with van der Waals surface area (Å²) in [7, 11) is 3.62. The van der Waals surface area contributed by atoms with Crippen LogP contribution in [0.1, 0.15) is 37.7 Å². The average Bonchev–Trinajstić information content (AvgIpc) is 3.17. The monoisotopic (exact) mass is 355 g/mol. The van der Waals surface area contributed by atoms with Crippen molar-refractivity contribution in [3.8, 4) is 22.6 Å². The summed E-state index contributed by atoms with van der Waals surface area (Å²) in [6, 6.07) is 14.1. The van der Waals surface area contributed by atoms with E-state index in [2.05, 4.69) is 29.6 Å². The van der Waals surface area contributed by atoms with Crippen molar-refractivity contribution in [3.63, 3.8) is 0 Å². The highest BCUT2D eigenvalue weighted by Gasteiger charge is 2.41. The third kappa shape index (κ3) is 3.44. The number of hydrogen-bond donors (Lipinski definition) is 3. The number of aliphatic hydroxyl groups excluding tert-OH is 1. The van der Waals surface area contributed by atoms with Crippen LogP contribution in [-0.4, -0.2) is 37.0 Å². The Kier molecular flexibility index (Phi) is 5.84. The lowest BCUT2D eigenvalue weighted by Gasteiger charge is -2.38. The van der Waals surface area contributed by atoms with Gasteiger partial charge < -0.3 is 20.3 Å². The highest BCUT2D eigenvalue weighted by molar-refractivity contribution is 5.72. The Hall–Kier alpha value is -2.04. The van der Waals surface area contributed by atoms with Crippen LogP contribution >= 0.6 is 0 Å². The molecule has 1 aliphatic carbocycles. The number of methoxy groups -OCH3 is 1. The summed E-state index contributed by atoms with van der Waals surface area (Å²) in [6.07, 6.45) is 5.49. The number of aromatic hydroxyl groups is 1. The van der Waals surface area contributed by atoms with E-state index in [1.54, 1.807) is 19.2 Å². The van der Waals surface area contributed by atoms with E-state index in [0.29, 0.717) is 0 Å². The summed E-state index contributed by atoms with van der Waals surface area (Å²) < 4.78 is 5.28. The number of benzene rings is 2. The molecule has 26 heavy (non-hydrogen) atoms. The Morgan fingerprint density at radius 3 is 2.38 bits per heavy atom. The predicted octanol–water partition coefficient (Wildman–Crippen LogP) is 3.85. The standard InChI is InChI=1S/C22H29NO3/c1-23-21(11-14-24)22(12-3-4-13-22)17-7-5-16(6-8-17)19-15-18(26-2)9-10-20(19)25/h5-10,15,21,23-25H,3-4,11-14H2,1-2H3. The van der Waals surface area contributed by atoms with Gasteiger partial charge in [-0.05, 0) is 55.6 Å². The van der Waals surface area contributed by atoms with Crippen LogP contribution < -0.4 is 10.1 Å². The average molecular weight is 355 g/mol. The second-order valence-corrected chi connectivity index (χ2v) is 7.18. The Bertz CT molecular complexity index is 721. The van der Waals surface area contributed by atoms with Gasteiger partial charge in [0, 0.05) is 23.6 Å². The first-order valence-electron chi connectivity index (χ1n) is 9.40. The molecule has 3 N–H and O–H groups in total. The second kappa shape index (κ2) is 8.11. The number of nitrogens with one attached hydrogen (secondary N) is 1. The quantitative estimate of drug-likeness (QED) is 0.706. The van der Waals surface area contributed by atoms with E-state index < -0.39 is 0 Å². The van der Waals surface area contributed by atoms with Crippen molar-refractivity contribution in [2.75, 3.05) is 20.8 Å². The molecule has 140 valence electrons. The molecule has 4 nitrogen and oxygen atoms in total. The second-order valence-electron chi connectivity index (χ2n) is 7.18. The minimum atomic E-state index is 0.0758. The van der Waals surface area contributed by atoms with Gasteiger partial charge in [0.05, 0.1) is 7.11 Å². The maximum Gasteiger partial charge on any atom is 0.123 e. The van der Waals surface area contributed by atoms with Crippen molar-refractivity contribution in [1.82, 2.24) is 5.32 Å². The Labute approximate surface area is 155 Å². The molecule has 3 rings (SSSR count). The maximum absolute atomic E-state index is 10.2. The number of hydrogen-bond acceptors (Lipinski definition) is 4. The molecule has 0 aliphatic heterocycles.